The van der Waals surface area contributed by atoms with Crippen LogP contribution in [-0.4, -0.2) is 36.3 Å². The van der Waals surface area contributed by atoms with Gasteiger partial charge in [-0.2, -0.15) is 0 Å². The van der Waals surface area contributed by atoms with Crippen LogP contribution >= 0.6 is 0 Å². The third kappa shape index (κ3) is 8.35. The zero-order valence-electron chi connectivity index (χ0n) is 14.5. The SMILES string of the molecule is CCCCCCN(CC)CC(=O)Nc1ccc(NC(C)=O)cc1. The van der Waals surface area contributed by atoms with Gasteiger partial charge in [0, 0.05) is 18.3 Å². The molecule has 0 saturated carbocycles. The van der Waals surface area contributed by atoms with Gasteiger partial charge in [0.2, 0.25) is 11.8 Å². The van der Waals surface area contributed by atoms with E-state index in [1.807, 2.05) is 0 Å². The van der Waals surface area contributed by atoms with Gasteiger partial charge in [0.25, 0.3) is 0 Å². The van der Waals surface area contributed by atoms with E-state index in [1.54, 1.807) is 24.3 Å². The standard InChI is InChI=1S/C18H29N3O2/c1-4-6-7-8-13-21(5-2)14-18(23)20-17-11-9-16(10-12-17)19-15(3)22/h9-12H,4-8,13-14H2,1-3H3,(H,19,22)(H,20,23). The van der Waals surface area contributed by atoms with Crippen molar-refractivity contribution in [3.05, 3.63) is 24.3 Å². The molecular formula is C18H29N3O2. The van der Waals surface area contributed by atoms with Crippen molar-refractivity contribution in [2.24, 2.45) is 0 Å². The zero-order chi connectivity index (χ0) is 17.1. The van der Waals surface area contributed by atoms with Gasteiger partial charge in [-0.25, -0.2) is 0 Å². The topological polar surface area (TPSA) is 61.4 Å². The van der Waals surface area contributed by atoms with Crippen LogP contribution in [-0.2, 0) is 9.59 Å². The van der Waals surface area contributed by atoms with E-state index in [0.717, 1.165) is 30.9 Å². The number of carbonyl (C=O) groups excluding carboxylic acids is 2. The van der Waals surface area contributed by atoms with Crippen LogP contribution in [0.15, 0.2) is 24.3 Å². The molecule has 2 N–H and O–H groups in total. The zero-order valence-corrected chi connectivity index (χ0v) is 14.5. The monoisotopic (exact) mass is 319 g/mol. The Morgan fingerprint density at radius 3 is 2.09 bits per heavy atom. The maximum Gasteiger partial charge on any atom is 0.238 e. The van der Waals surface area contributed by atoms with Gasteiger partial charge in [0.15, 0.2) is 0 Å². The Balaban J connectivity index is 2.40. The van der Waals surface area contributed by atoms with Crippen molar-refractivity contribution < 1.29 is 9.59 Å². The molecule has 0 fully saturated rings. The molecule has 5 nitrogen and oxygen atoms in total. The molecule has 0 saturated heterocycles. The molecule has 2 amide bonds. The van der Waals surface area contributed by atoms with Crippen LogP contribution in [0.1, 0.15) is 46.5 Å². The van der Waals surface area contributed by atoms with E-state index in [4.69, 9.17) is 0 Å². The third-order valence-electron chi connectivity index (χ3n) is 3.63. The summed E-state index contributed by atoms with van der Waals surface area (Å²) in [5.41, 5.74) is 1.47. The molecular weight excluding hydrogens is 290 g/mol. The number of anilines is 2. The van der Waals surface area contributed by atoms with Gasteiger partial charge in [-0.1, -0.05) is 33.1 Å². The number of nitrogens with one attached hydrogen (secondary N) is 2. The number of nitrogens with zero attached hydrogens (tertiary/aromatic N) is 1. The number of unbranched alkanes of at least 4 members (excludes halogenated alkanes) is 3. The van der Waals surface area contributed by atoms with E-state index in [-0.39, 0.29) is 11.8 Å². The van der Waals surface area contributed by atoms with Gasteiger partial charge in [-0.05, 0) is 43.8 Å². The minimum atomic E-state index is -0.108. The van der Waals surface area contributed by atoms with E-state index in [2.05, 4.69) is 29.4 Å². The van der Waals surface area contributed by atoms with Gasteiger partial charge in [0.1, 0.15) is 0 Å². The summed E-state index contributed by atoms with van der Waals surface area (Å²) in [5.74, 6) is -0.113. The number of rotatable bonds is 10. The predicted molar refractivity (Wildman–Crippen MR) is 95.6 cm³/mol. The molecule has 0 atom stereocenters. The number of carbonyl (C=O) groups is 2. The van der Waals surface area contributed by atoms with Crippen LogP contribution in [0.25, 0.3) is 0 Å². The highest BCUT2D eigenvalue weighted by atomic mass is 16.2. The van der Waals surface area contributed by atoms with Crippen molar-refractivity contribution in [1.82, 2.24) is 4.90 Å². The third-order valence-corrected chi connectivity index (χ3v) is 3.63. The molecule has 5 heteroatoms. The first-order chi connectivity index (χ1) is 11.0. The molecule has 1 aromatic rings. The highest BCUT2D eigenvalue weighted by Gasteiger charge is 2.09. The summed E-state index contributed by atoms with van der Waals surface area (Å²) in [6.45, 7) is 8.00. The maximum atomic E-state index is 12.1. The van der Waals surface area contributed by atoms with E-state index in [1.165, 1.54) is 26.2 Å². The maximum absolute atomic E-state index is 12.1. The van der Waals surface area contributed by atoms with Gasteiger partial charge in [0.05, 0.1) is 6.54 Å². The van der Waals surface area contributed by atoms with Gasteiger partial charge in [-0.3, -0.25) is 14.5 Å². The normalized spacial score (nSPS) is 10.6. The van der Waals surface area contributed by atoms with E-state index >= 15 is 0 Å². The second-order valence-corrected chi connectivity index (χ2v) is 5.74. The summed E-state index contributed by atoms with van der Waals surface area (Å²) in [5, 5.41) is 5.60. The smallest absolute Gasteiger partial charge is 0.238 e. The quantitative estimate of drug-likeness (QED) is 0.649. The summed E-state index contributed by atoms with van der Waals surface area (Å²) in [6.07, 6.45) is 4.84. The molecule has 0 aromatic heterocycles. The van der Waals surface area contributed by atoms with Crippen molar-refractivity contribution in [1.29, 1.82) is 0 Å². The van der Waals surface area contributed by atoms with Crippen LogP contribution in [0.5, 0.6) is 0 Å². The molecule has 1 aromatic carbocycles. The van der Waals surface area contributed by atoms with Gasteiger partial charge >= 0.3 is 0 Å². The molecule has 0 unspecified atom stereocenters. The van der Waals surface area contributed by atoms with Crippen molar-refractivity contribution in [2.75, 3.05) is 30.3 Å². The lowest BCUT2D eigenvalue weighted by Crippen LogP contribution is -2.33. The predicted octanol–water partition coefficient (Wildman–Crippen LogP) is 3.49. The van der Waals surface area contributed by atoms with Crippen molar-refractivity contribution in [3.63, 3.8) is 0 Å². The van der Waals surface area contributed by atoms with Crippen molar-refractivity contribution >= 4 is 23.2 Å². The number of hydrogen-bond acceptors (Lipinski definition) is 3. The summed E-state index contributed by atoms with van der Waals surface area (Å²) in [7, 11) is 0. The molecule has 0 aliphatic rings. The van der Waals surface area contributed by atoms with Gasteiger partial charge < -0.3 is 10.6 Å². The van der Waals surface area contributed by atoms with E-state index in [0.29, 0.717) is 6.54 Å². The molecule has 0 spiro atoms. The summed E-state index contributed by atoms with van der Waals surface area (Å²) in [6, 6.07) is 7.14. The summed E-state index contributed by atoms with van der Waals surface area (Å²) in [4.78, 5) is 25.2. The lowest BCUT2D eigenvalue weighted by atomic mass is 10.2. The Bertz CT molecular complexity index is 486. The van der Waals surface area contributed by atoms with E-state index < -0.39 is 0 Å². The Labute approximate surface area is 139 Å². The Kier molecular flexibility index (Phi) is 8.98. The van der Waals surface area contributed by atoms with E-state index in [9.17, 15) is 9.59 Å². The minimum Gasteiger partial charge on any atom is -0.326 e. The molecule has 128 valence electrons. The number of benzene rings is 1. The fourth-order valence-corrected chi connectivity index (χ4v) is 2.35. The Morgan fingerprint density at radius 2 is 1.57 bits per heavy atom. The molecule has 0 aliphatic heterocycles. The molecule has 0 heterocycles. The highest BCUT2D eigenvalue weighted by Crippen LogP contribution is 2.13. The van der Waals surface area contributed by atoms with Crippen molar-refractivity contribution in [2.45, 2.75) is 46.5 Å². The summed E-state index contributed by atoms with van der Waals surface area (Å²) < 4.78 is 0. The van der Waals surface area contributed by atoms with Crippen LogP contribution in [0.4, 0.5) is 11.4 Å². The first kappa shape index (κ1) is 19.2. The van der Waals surface area contributed by atoms with Crippen LogP contribution in [0.3, 0.4) is 0 Å². The largest absolute Gasteiger partial charge is 0.326 e. The number of hydrogen-bond donors (Lipinski definition) is 2. The molecule has 1 rings (SSSR count). The van der Waals surface area contributed by atoms with Crippen molar-refractivity contribution in [3.8, 4) is 0 Å². The van der Waals surface area contributed by atoms with Crippen LogP contribution in [0, 0.1) is 0 Å². The lowest BCUT2D eigenvalue weighted by molar-refractivity contribution is -0.117. The minimum absolute atomic E-state index is 0.00498. The fraction of sp³-hybridized carbons (Fsp3) is 0.556. The summed E-state index contributed by atoms with van der Waals surface area (Å²) >= 11 is 0. The average Bonchev–Trinajstić information content (AvgIpc) is 2.51. The van der Waals surface area contributed by atoms with Crippen LogP contribution < -0.4 is 10.6 Å². The average molecular weight is 319 g/mol. The first-order valence-corrected chi connectivity index (χ1v) is 8.45. The first-order valence-electron chi connectivity index (χ1n) is 8.45. The molecule has 0 aliphatic carbocycles. The Morgan fingerprint density at radius 1 is 0.957 bits per heavy atom. The van der Waals surface area contributed by atoms with Crippen LogP contribution in [0.2, 0.25) is 0 Å². The fourth-order valence-electron chi connectivity index (χ4n) is 2.35. The number of amides is 2. The molecule has 0 radical (unpaired) electrons. The second kappa shape index (κ2) is 10.8. The molecule has 23 heavy (non-hydrogen) atoms. The lowest BCUT2D eigenvalue weighted by Gasteiger charge is -2.19. The number of likely N-dealkylation sites (N-methyl/N-ethyl adjacent to an activating group) is 1. The second-order valence-electron chi connectivity index (χ2n) is 5.74. The Hall–Kier alpha value is -1.88. The van der Waals surface area contributed by atoms with Gasteiger partial charge in [-0.15, -0.1) is 0 Å². The highest BCUT2D eigenvalue weighted by molar-refractivity contribution is 5.93. The molecule has 0 bridgehead atoms.